The summed E-state index contributed by atoms with van der Waals surface area (Å²) >= 11 is 5.92. The summed E-state index contributed by atoms with van der Waals surface area (Å²) in [6.45, 7) is 5.23. The van der Waals surface area contributed by atoms with E-state index in [-0.39, 0.29) is 23.5 Å². The van der Waals surface area contributed by atoms with Crippen molar-refractivity contribution in [3.8, 4) is 5.69 Å². The lowest BCUT2D eigenvalue weighted by atomic mass is 10.2. The van der Waals surface area contributed by atoms with Crippen LogP contribution in [0.2, 0.25) is 5.02 Å². The van der Waals surface area contributed by atoms with Gasteiger partial charge in [0.2, 0.25) is 0 Å². The molecule has 1 aromatic heterocycles. The van der Waals surface area contributed by atoms with Gasteiger partial charge >= 0.3 is 11.7 Å². The van der Waals surface area contributed by atoms with Crippen molar-refractivity contribution >= 4 is 17.6 Å². The maximum atomic E-state index is 12.8. The Morgan fingerprint density at radius 3 is 2.50 bits per heavy atom. The van der Waals surface area contributed by atoms with E-state index in [0.29, 0.717) is 18.1 Å². The van der Waals surface area contributed by atoms with Crippen LogP contribution in [-0.4, -0.2) is 38.6 Å². The van der Waals surface area contributed by atoms with E-state index in [2.05, 4.69) is 4.98 Å². The van der Waals surface area contributed by atoms with E-state index in [9.17, 15) is 19.5 Å². The van der Waals surface area contributed by atoms with Crippen molar-refractivity contribution in [2.75, 3.05) is 13.1 Å². The minimum atomic E-state index is -1.34. The van der Waals surface area contributed by atoms with E-state index in [4.69, 9.17) is 11.6 Å². The molecular weight excluding hydrogens is 334 g/mol. The summed E-state index contributed by atoms with van der Waals surface area (Å²) in [7, 11) is 0. The SMILES string of the molecule is CCN(CC)Cc1c(C(=O)O)[nH]c(=O)n(-c2cccc(Cl)c2)c1=O. The smallest absolute Gasteiger partial charge is 0.352 e. The molecule has 128 valence electrons. The third-order valence-corrected chi connectivity index (χ3v) is 3.99. The Morgan fingerprint density at radius 2 is 1.96 bits per heavy atom. The van der Waals surface area contributed by atoms with Crippen molar-refractivity contribution in [2.45, 2.75) is 20.4 Å². The lowest BCUT2D eigenvalue weighted by Gasteiger charge is -2.19. The fourth-order valence-electron chi connectivity index (χ4n) is 2.42. The lowest BCUT2D eigenvalue weighted by Crippen LogP contribution is -2.40. The summed E-state index contributed by atoms with van der Waals surface area (Å²) < 4.78 is 0.900. The number of hydrogen-bond acceptors (Lipinski definition) is 4. The van der Waals surface area contributed by atoms with Gasteiger partial charge in [-0.25, -0.2) is 14.2 Å². The van der Waals surface area contributed by atoms with E-state index in [1.165, 1.54) is 6.07 Å². The normalized spacial score (nSPS) is 11.0. The van der Waals surface area contributed by atoms with Crippen molar-refractivity contribution in [2.24, 2.45) is 0 Å². The van der Waals surface area contributed by atoms with Crippen LogP contribution in [0, 0.1) is 0 Å². The first-order valence-electron chi connectivity index (χ1n) is 7.48. The number of hydrogen-bond donors (Lipinski definition) is 2. The molecule has 0 aliphatic heterocycles. The number of carboxylic acid groups (broad SMARTS) is 1. The predicted octanol–water partition coefficient (Wildman–Crippen LogP) is 1.72. The molecule has 1 aromatic carbocycles. The van der Waals surface area contributed by atoms with Crippen LogP contribution in [0.1, 0.15) is 29.9 Å². The highest BCUT2D eigenvalue weighted by molar-refractivity contribution is 6.30. The monoisotopic (exact) mass is 351 g/mol. The molecule has 2 aromatic rings. The zero-order valence-corrected chi connectivity index (χ0v) is 14.1. The number of carbonyl (C=O) groups is 1. The molecule has 1 heterocycles. The molecule has 0 atom stereocenters. The van der Waals surface area contributed by atoms with Gasteiger partial charge in [-0.05, 0) is 31.3 Å². The lowest BCUT2D eigenvalue weighted by molar-refractivity contribution is 0.0686. The number of halogens is 1. The highest BCUT2D eigenvalue weighted by Gasteiger charge is 2.21. The number of aromatic nitrogens is 2. The molecule has 0 fully saturated rings. The van der Waals surface area contributed by atoms with Crippen LogP contribution in [-0.2, 0) is 6.54 Å². The van der Waals surface area contributed by atoms with Crippen molar-refractivity contribution < 1.29 is 9.90 Å². The Bertz CT molecular complexity index is 868. The first-order valence-corrected chi connectivity index (χ1v) is 7.86. The van der Waals surface area contributed by atoms with Crippen LogP contribution < -0.4 is 11.2 Å². The molecule has 2 rings (SSSR count). The number of nitrogens with zero attached hydrogens (tertiary/aromatic N) is 2. The molecule has 0 bridgehead atoms. The average molecular weight is 352 g/mol. The quantitative estimate of drug-likeness (QED) is 0.826. The molecule has 0 saturated heterocycles. The van der Waals surface area contributed by atoms with Crippen LogP contribution >= 0.6 is 11.6 Å². The number of aromatic amines is 1. The summed E-state index contributed by atoms with van der Waals surface area (Å²) in [6.07, 6.45) is 0. The number of benzene rings is 1. The Morgan fingerprint density at radius 1 is 1.29 bits per heavy atom. The molecule has 0 saturated carbocycles. The zero-order chi connectivity index (χ0) is 17.9. The standard InChI is InChI=1S/C16H18ClN3O4/c1-3-19(4-2)9-12-13(15(22)23)18-16(24)20(14(12)21)11-7-5-6-10(17)8-11/h5-8H,3-4,9H2,1-2H3,(H,18,24)(H,22,23). The summed E-state index contributed by atoms with van der Waals surface area (Å²) in [5.74, 6) is -1.34. The third kappa shape index (κ3) is 3.58. The molecule has 2 N–H and O–H groups in total. The van der Waals surface area contributed by atoms with Gasteiger partial charge in [-0.1, -0.05) is 31.5 Å². The first kappa shape index (κ1) is 18.0. The maximum Gasteiger partial charge on any atom is 0.352 e. The van der Waals surface area contributed by atoms with E-state index < -0.39 is 17.2 Å². The minimum absolute atomic E-state index is 0.0331. The molecule has 0 amide bonds. The van der Waals surface area contributed by atoms with Gasteiger partial charge in [0, 0.05) is 11.6 Å². The summed E-state index contributed by atoms with van der Waals surface area (Å²) in [5.41, 5.74) is -1.54. The highest BCUT2D eigenvalue weighted by atomic mass is 35.5. The molecule has 24 heavy (non-hydrogen) atoms. The molecule has 0 aliphatic rings. The van der Waals surface area contributed by atoms with Crippen LogP contribution in [0.3, 0.4) is 0 Å². The fourth-order valence-corrected chi connectivity index (χ4v) is 2.61. The van der Waals surface area contributed by atoms with Crippen molar-refractivity contribution in [3.63, 3.8) is 0 Å². The molecule has 0 radical (unpaired) electrons. The topological polar surface area (TPSA) is 95.4 Å². The Kier molecular flexibility index (Phi) is 5.58. The van der Waals surface area contributed by atoms with Gasteiger partial charge in [-0.2, -0.15) is 0 Å². The van der Waals surface area contributed by atoms with Crippen molar-refractivity contribution in [1.29, 1.82) is 0 Å². The average Bonchev–Trinajstić information content (AvgIpc) is 2.53. The van der Waals surface area contributed by atoms with E-state index in [1.54, 1.807) is 18.2 Å². The van der Waals surface area contributed by atoms with Gasteiger partial charge in [-0.3, -0.25) is 9.69 Å². The van der Waals surface area contributed by atoms with Crippen molar-refractivity contribution in [1.82, 2.24) is 14.5 Å². The maximum absolute atomic E-state index is 12.8. The molecule has 0 spiro atoms. The second-order valence-electron chi connectivity index (χ2n) is 5.17. The molecule has 0 unspecified atom stereocenters. The van der Waals surface area contributed by atoms with E-state index in [1.807, 2.05) is 18.7 Å². The number of H-pyrrole nitrogens is 1. The van der Waals surface area contributed by atoms with E-state index >= 15 is 0 Å². The number of rotatable bonds is 6. The van der Waals surface area contributed by atoms with Crippen LogP contribution in [0.15, 0.2) is 33.9 Å². The van der Waals surface area contributed by atoms with Crippen LogP contribution in [0.5, 0.6) is 0 Å². The zero-order valence-electron chi connectivity index (χ0n) is 13.4. The fraction of sp³-hybridized carbons (Fsp3) is 0.312. The number of aromatic carboxylic acids is 1. The van der Waals surface area contributed by atoms with Gasteiger partial charge in [-0.15, -0.1) is 0 Å². The van der Waals surface area contributed by atoms with Crippen LogP contribution in [0.4, 0.5) is 0 Å². The van der Waals surface area contributed by atoms with Gasteiger partial charge < -0.3 is 10.1 Å². The predicted molar refractivity (Wildman–Crippen MR) is 91.3 cm³/mol. The largest absolute Gasteiger partial charge is 0.477 e. The van der Waals surface area contributed by atoms with Crippen LogP contribution in [0.25, 0.3) is 5.69 Å². The van der Waals surface area contributed by atoms with Gasteiger partial charge in [0.15, 0.2) is 0 Å². The molecule has 0 aliphatic carbocycles. The molecule has 8 heteroatoms. The second-order valence-corrected chi connectivity index (χ2v) is 5.61. The van der Waals surface area contributed by atoms with Gasteiger partial charge in [0.25, 0.3) is 5.56 Å². The first-order chi connectivity index (χ1) is 11.4. The van der Waals surface area contributed by atoms with E-state index in [0.717, 1.165) is 4.57 Å². The Hall–Kier alpha value is -2.38. The van der Waals surface area contributed by atoms with Gasteiger partial charge in [0.1, 0.15) is 5.69 Å². The number of nitrogens with one attached hydrogen (secondary N) is 1. The Balaban J connectivity index is 2.73. The molecular formula is C16H18ClN3O4. The molecule has 7 nitrogen and oxygen atoms in total. The van der Waals surface area contributed by atoms with Crippen molar-refractivity contribution in [3.05, 3.63) is 61.4 Å². The number of carboxylic acids is 1. The Labute approximate surface area is 143 Å². The highest BCUT2D eigenvalue weighted by Crippen LogP contribution is 2.13. The second kappa shape index (κ2) is 7.46. The summed E-state index contributed by atoms with van der Waals surface area (Å²) in [6, 6.07) is 6.26. The van der Waals surface area contributed by atoms with Gasteiger partial charge in [0.05, 0.1) is 11.3 Å². The summed E-state index contributed by atoms with van der Waals surface area (Å²) in [4.78, 5) is 40.7. The summed E-state index contributed by atoms with van der Waals surface area (Å²) in [5, 5.41) is 9.69. The minimum Gasteiger partial charge on any atom is -0.477 e. The third-order valence-electron chi connectivity index (χ3n) is 3.75.